The summed E-state index contributed by atoms with van der Waals surface area (Å²) in [6.07, 6.45) is -12.8. The van der Waals surface area contributed by atoms with Crippen molar-refractivity contribution < 1.29 is 40.6 Å². The van der Waals surface area contributed by atoms with E-state index in [4.69, 9.17) is 5.11 Å². The minimum Gasteiger partial charge on any atom is -0.478 e. The third-order valence-electron chi connectivity index (χ3n) is 3.46. The minimum atomic E-state index is -6.23. The van der Waals surface area contributed by atoms with Gasteiger partial charge in [-0.1, -0.05) is 26.0 Å². The summed E-state index contributed by atoms with van der Waals surface area (Å²) in [4.78, 5) is 11.2. The summed E-state index contributed by atoms with van der Waals surface area (Å²) in [5.74, 6) is -1.49. The van der Waals surface area contributed by atoms with E-state index in [-0.39, 0.29) is 24.0 Å². The number of aromatic carboxylic acids is 1. The smallest absolute Gasteiger partial charge is 0.435 e. The Morgan fingerprint density at radius 2 is 1.26 bits per heavy atom. The van der Waals surface area contributed by atoms with Gasteiger partial charge in [0.25, 0.3) is 0 Å². The number of carboxylic acid groups (broad SMARTS) is 1. The van der Waals surface area contributed by atoms with Gasteiger partial charge in [0.15, 0.2) is 0 Å². The second-order valence-corrected chi connectivity index (χ2v) is 4.84. The van der Waals surface area contributed by atoms with E-state index in [0.717, 1.165) is 0 Å². The average molecular weight is 346 g/mol. The van der Waals surface area contributed by atoms with Crippen LogP contribution in [0.2, 0.25) is 0 Å². The number of hydrogen-bond donors (Lipinski definition) is 1. The molecule has 0 amide bonds. The van der Waals surface area contributed by atoms with E-state index in [2.05, 4.69) is 0 Å². The minimum absolute atomic E-state index is 0.158. The van der Waals surface area contributed by atoms with Gasteiger partial charge < -0.3 is 5.11 Å². The van der Waals surface area contributed by atoms with Crippen molar-refractivity contribution in [3.63, 3.8) is 0 Å². The average Bonchev–Trinajstić information content (AvgIpc) is 2.41. The molecule has 0 aliphatic rings. The Morgan fingerprint density at radius 3 is 1.48 bits per heavy atom. The lowest BCUT2D eigenvalue weighted by atomic mass is 9.87. The number of hydrogen-bond acceptors (Lipinski definition) is 1. The second kappa shape index (κ2) is 6.01. The van der Waals surface area contributed by atoms with Gasteiger partial charge in [-0.2, -0.15) is 26.3 Å². The molecule has 0 fully saturated rings. The molecule has 0 aromatic heterocycles. The molecular weight excluding hydrogens is 333 g/mol. The van der Waals surface area contributed by atoms with Crippen LogP contribution in [0.25, 0.3) is 0 Å². The summed E-state index contributed by atoms with van der Waals surface area (Å²) < 4.78 is 90.9. The van der Waals surface area contributed by atoms with E-state index in [1.54, 1.807) is 0 Å². The fraction of sp³-hybridized carbons (Fsp3) is 0.500. The number of rotatable bonds is 4. The molecule has 0 saturated heterocycles. The first kappa shape index (κ1) is 19.2. The topological polar surface area (TPSA) is 37.3 Å². The van der Waals surface area contributed by atoms with Crippen LogP contribution in [0.3, 0.4) is 0 Å². The van der Waals surface area contributed by atoms with Crippen molar-refractivity contribution in [1.82, 2.24) is 0 Å². The highest BCUT2D eigenvalue weighted by molar-refractivity contribution is 5.91. The van der Waals surface area contributed by atoms with E-state index in [1.807, 2.05) is 0 Å². The Balaban J connectivity index is 3.81. The second-order valence-electron chi connectivity index (χ2n) is 4.84. The number of halogens is 7. The molecule has 9 heteroatoms. The summed E-state index contributed by atoms with van der Waals surface area (Å²) >= 11 is 0. The first-order valence-electron chi connectivity index (χ1n) is 6.53. The molecule has 1 rings (SSSR count). The van der Waals surface area contributed by atoms with Crippen LogP contribution in [0.4, 0.5) is 30.7 Å². The number of carboxylic acids is 1. The van der Waals surface area contributed by atoms with Crippen LogP contribution < -0.4 is 0 Å². The van der Waals surface area contributed by atoms with Crippen molar-refractivity contribution in [2.45, 2.75) is 44.7 Å². The van der Waals surface area contributed by atoms with Gasteiger partial charge in [-0.05, 0) is 24.0 Å². The van der Waals surface area contributed by atoms with Crippen molar-refractivity contribution in [1.29, 1.82) is 0 Å². The molecule has 0 unspecified atom stereocenters. The van der Waals surface area contributed by atoms with Gasteiger partial charge in [0.2, 0.25) is 0 Å². The highest BCUT2D eigenvalue weighted by Crippen LogP contribution is 2.53. The monoisotopic (exact) mass is 346 g/mol. The zero-order valence-electron chi connectivity index (χ0n) is 12.1. The molecule has 1 aromatic rings. The van der Waals surface area contributed by atoms with Crippen LogP contribution in [0.5, 0.6) is 0 Å². The first-order chi connectivity index (χ1) is 10.3. The largest absolute Gasteiger partial charge is 0.478 e. The van der Waals surface area contributed by atoms with E-state index in [0.29, 0.717) is 12.1 Å². The number of carbonyl (C=O) groups is 1. The molecule has 130 valence electrons. The van der Waals surface area contributed by atoms with Crippen LogP contribution in [0.1, 0.15) is 40.9 Å². The van der Waals surface area contributed by atoms with E-state index >= 15 is 0 Å². The fourth-order valence-corrected chi connectivity index (χ4v) is 2.29. The molecule has 0 aliphatic heterocycles. The Morgan fingerprint density at radius 1 is 0.913 bits per heavy atom. The zero-order chi connectivity index (χ0) is 18.2. The summed E-state index contributed by atoms with van der Waals surface area (Å²) in [5.41, 5.74) is -8.20. The van der Waals surface area contributed by atoms with E-state index < -0.39 is 35.1 Å². The summed E-state index contributed by atoms with van der Waals surface area (Å²) in [6.45, 7) is 2.71. The molecule has 0 aliphatic carbocycles. The van der Waals surface area contributed by atoms with Crippen LogP contribution >= 0.6 is 0 Å². The Bertz CT molecular complexity index is 563. The third kappa shape index (κ3) is 3.13. The van der Waals surface area contributed by atoms with Crippen LogP contribution in [-0.4, -0.2) is 23.4 Å². The third-order valence-corrected chi connectivity index (χ3v) is 3.46. The van der Waals surface area contributed by atoms with Gasteiger partial charge >= 0.3 is 24.0 Å². The van der Waals surface area contributed by atoms with Crippen LogP contribution in [0.15, 0.2) is 12.1 Å². The predicted octanol–water partition coefficient (Wildman–Crippen LogP) is 4.80. The molecule has 0 radical (unpaired) electrons. The van der Waals surface area contributed by atoms with Crippen molar-refractivity contribution in [2.75, 3.05) is 0 Å². The SMILES string of the molecule is CCc1cc(C(F)(C(F)(F)F)C(F)(F)F)cc(CC)c1C(=O)O. The van der Waals surface area contributed by atoms with Gasteiger partial charge in [-0.25, -0.2) is 9.18 Å². The van der Waals surface area contributed by atoms with Gasteiger partial charge in [-0.3, -0.25) is 0 Å². The zero-order valence-corrected chi connectivity index (χ0v) is 12.1. The predicted molar refractivity (Wildman–Crippen MR) is 67.1 cm³/mol. The lowest BCUT2D eigenvalue weighted by molar-refractivity contribution is -0.348. The summed E-state index contributed by atoms with van der Waals surface area (Å²) in [6, 6.07) is 0.646. The van der Waals surface area contributed by atoms with Crippen molar-refractivity contribution in [2.24, 2.45) is 0 Å². The maximum atomic E-state index is 14.1. The lowest BCUT2D eigenvalue weighted by Crippen LogP contribution is -2.50. The lowest BCUT2D eigenvalue weighted by Gasteiger charge is -2.31. The van der Waals surface area contributed by atoms with E-state index in [9.17, 15) is 35.5 Å². The molecule has 1 N–H and O–H groups in total. The molecule has 0 heterocycles. The molecule has 0 bridgehead atoms. The van der Waals surface area contributed by atoms with Crippen LogP contribution in [0, 0.1) is 0 Å². The number of alkyl halides is 7. The molecule has 0 atom stereocenters. The maximum absolute atomic E-state index is 14.1. The summed E-state index contributed by atoms with van der Waals surface area (Å²) in [5, 5.41) is 9.08. The highest BCUT2D eigenvalue weighted by Gasteiger charge is 2.73. The molecule has 23 heavy (non-hydrogen) atoms. The fourth-order valence-electron chi connectivity index (χ4n) is 2.29. The quantitative estimate of drug-likeness (QED) is 0.795. The molecule has 1 aromatic carbocycles. The standard InChI is InChI=1S/C14H13F7O2/c1-3-7-5-9(6-8(4-2)10(7)11(22)23)12(15,13(16,17)18)14(19,20)21/h5-6H,3-4H2,1-2H3,(H,22,23). The number of aryl methyl sites for hydroxylation is 2. The molecule has 0 spiro atoms. The van der Waals surface area contributed by atoms with Gasteiger partial charge in [-0.15, -0.1) is 0 Å². The van der Waals surface area contributed by atoms with Gasteiger partial charge in [0.05, 0.1) is 5.56 Å². The summed E-state index contributed by atoms with van der Waals surface area (Å²) in [7, 11) is 0. The first-order valence-corrected chi connectivity index (χ1v) is 6.53. The van der Waals surface area contributed by atoms with Crippen molar-refractivity contribution >= 4 is 5.97 Å². The molecule has 2 nitrogen and oxygen atoms in total. The van der Waals surface area contributed by atoms with Crippen molar-refractivity contribution in [3.8, 4) is 0 Å². The Kier molecular flexibility index (Phi) is 5.03. The normalized spacial score (nSPS) is 13.3. The molecular formula is C14H13F7O2. The Hall–Kier alpha value is -1.80. The van der Waals surface area contributed by atoms with Crippen LogP contribution in [-0.2, 0) is 18.5 Å². The molecule has 0 saturated carbocycles. The van der Waals surface area contributed by atoms with Gasteiger partial charge in [0, 0.05) is 5.56 Å². The van der Waals surface area contributed by atoms with E-state index in [1.165, 1.54) is 13.8 Å². The van der Waals surface area contributed by atoms with Crippen molar-refractivity contribution in [3.05, 3.63) is 34.4 Å². The highest BCUT2D eigenvalue weighted by atomic mass is 19.4. The Labute approximate surface area is 126 Å². The van der Waals surface area contributed by atoms with Gasteiger partial charge in [0.1, 0.15) is 0 Å². The maximum Gasteiger partial charge on any atom is 0.435 e. The number of benzene rings is 1.